The van der Waals surface area contributed by atoms with Gasteiger partial charge in [0.2, 0.25) is 10.0 Å². The Bertz CT molecular complexity index is 639. The van der Waals surface area contributed by atoms with E-state index in [0.717, 1.165) is 16.7 Å². The van der Waals surface area contributed by atoms with Crippen molar-refractivity contribution in [1.82, 2.24) is 15.2 Å². The van der Waals surface area contributed by atoms with Crippen LogP contribution in [0.25, 0.3) is 0 Å². The second kappa shape index (κ2) is 8.63. The van der Waals surface area contributed by atoms with Gasteiger partial charge in [0.1, 0.15) is 4.88 Å². The highest BCUT2D eigenvalue weighted by atomic mass is 32.2. The highest BCUT2D eigenvalue weighted by Crippen LogP contribution is 2.21. The van der Waals surface area contributed by atoms with E-state index < -0.39 is 15.9 Å². The number of nitrogens with one attached hydrogen (secondary N) is 2. The third kappa shape index (κ3) is 5.56. The first kappa shape index (κ1) is 18.3. The van der Waals surface area contributed by atoms with Gasteiger partial charge in [0.25, 0.3) is 5.91 Å². The molecule has 0 unspecified atom stereocenters. The number of aromatic nitrogens is 1. The highest BCUT2D eigenvalue weighted by molar-refractivity contribution is 7.92. The number of carbonyl (C=O) groups is 1. The normalized spacial score (nSPS) is 11.5. The van der Waals surface area contributed by atoms with Crippen molar-refractivity contribution in [3.8, 4) is 0 Å². The van der Waals surface area contributed by atoms with Crippen molar-refractivity contribution in [2.24, 2.45) is 0 Å². The fourth-order valence-electron chi connectivity index (χ4n) is 1.49. The molecule has 0 fully saturated rings. The number of likely N-dealkylation sites (N-methyl/N-ethyl adjacent to an activating group) is 1. The lowest BCUT2D eigenvalue weighted by Crippen LogP contribution is -2.34. The van der Waals surface area contributed by atoms with Crippen LogP contribution in [0.2, 0.25) is 0 Å². The van der Waals surface area contributed by atoms with E-state index in [9.17, 15) is 13.2 Å². The summed E-state index contributed by atoms with van der Waals surface area (Å²) in [6.45, 7) is 6.47. The average molecular weight is 346 g/mol. The Labute approximate surface area is 133 Å². The number of carbonyl (C=O) groups excluding carboxylic acids is 1. The summed E-state index contributed by atoms with van der Waals surface area (Å²) in [7, 11) is -3.48. The molecular weight excluding hydrogens is 328 g/mol. The first-order valence-corrected chi connectivity index (χ1v) is 8.73. The third-order valence-electron chi connectivity index (χ3n) is 2.55. The second-order valence-corrected chi connectivity index (χ2v) is 6.69. The van der Waals surface area contributed by atoms with Crippen LogP contribution in [0, 0.1) is 0 Å². The summed E-state index contributed by atoms with van der Waals surface area (Å²) in [5, 5.41) is 10.2. The molecule has 1 aromatic heterocycles. The van der Waals surface area contributed by atoms with Crippen LogP contribution in [0.3, 0.4) is 0 Å². The number of rotatable bonds is 9. The van der Waals surface area contributed by atoms with E-state index in [1.807, 2.05) is 11.8 Å². The molecule has 1 amide bonds. The number of allylic oxidation sites excluding steroid dienone is 2. The predicted octanol–water partition coefficient (Wildman–Crippen LogP) is 0.707. The molecule has 0 aliphatic heterocycles. The zero-order valence-electron chi connectivity index (χ0n) is 12.0. The molecule has 0 spiro atoms. The number of nitrogens with zero attached hydrogens (tertiary/aromatic N) is 2. The third-order valence-corrected chi connectivity index (χ3v) is 4.73. The molecule has 0 aliphatic carbocycles. The molecular formula is C12H18N4O4S2. The Kier molecular flexibility index (Phi) is 7.18. The first-order valence-electron chi connectivity index (χ1n) is 6.37. The van der Waals surface area contributed by atoms with Crippen LogP contribution in [0.15, 0.2) is 30.3 Å². The topological polar surface area (TPSA) is 112 Å². The fourth-order valence-corrected chi connectivity index (χ4v) is 3.18. The number of hydrogen-bond donors (Lipinski definition) is 3. The van der Waals surface area contributed by atoms with Crippen molar-refractivity contribution in [1.29, 1.82) is 0 Å². The molecule has 22 heavy (non-hydrogen) atoms. The van der Waals surface area contributed by atoms with Crippen LogP contribution in [-0.4, -0.2) is 44.2 Å². The van der Waals surface area contributed by atoms with E-state index in [2.05, 4.69) is 16.3 Å². The zero-order valence-corrected chi connectivity index (χ0v) is 13.7. The Hall–Kier alpha value is -1.75. The van der Waals surface area contributed by atoms with Crippen LogP contribution in [0.5, 0.6) is 0 Å². The number of hydrogen-bond acceptors (Lipinski definition) is 7. The Balaban J connectivity index is 2.62. The molecule has 3 N–H and O–H groups in total. The summed E-state index contributed by atoms with van der Waals surface area (Å²) >= 11 is 1.11. The summed E-state index contributed by atoms with van der Waals surface area (Å²) in [6.07, 6.45) is 4.06. The highest BCUT2D eigenvalue weighted by Gasteiger charge is 2.14. The van der Waals surface area contributed by atoms with Gasteiger partial charge in [-0.15, -0.1) is 0 Å². The van der Waals surface area contributed by atoms with Gasteiger partial charge in [-0.3, -0.25) is 10.0 Å². The van der Waals surface area contributed by atoms with Gasteiger partial charge < -0.3 is 4.90 Å². The van der Waals surface area contributed by atoms with Crippen molar-refractivity contribution in [2.45, 2.75) is 6.92 Å². The first-order chi connectivity index (χ1) is 10.4. The van der Waals surface area contributed by atoms with Gasteiger partial charge in [-0.25, -0.2) is 23.6 Å². The van der Waals surface area contributed by atoms with Crippen LogP contribution in [-0.2, 0) is 10.0 Å². The molecule has 122 valence electrons. The van der Waals surface area contributed by atoms with E-state index in [1.165, 1.54) is 23.8 Å². The van der Waals surface area contributed by atoms with Gasteiger partial charge in [-0.2, -0.15) is 0 Å². The smallest absolute Gasteiger partial charge is 0.286 e. The summed E-state index contributed by atoms with van der Waals surface area (Å²) in [5.41, 5.74) is 1.54. The molecule has 0 saturated heterocycles. The average Bonchev–Trinajstić information content (AvgIpc) is 2.98. The van der Waals surface area contributed by atoms with Crippen molar-refractivity contribution in [3.63, 3.8) is 0 Å². The van der Waals surface area contributed by atoms with Crippen LogP contribution in [0.4, 0.5) is 5.13 Å². The predicted molar refractivity (Wildman–Crippen MR) is 85.5 cm³/mol. The largest absolute Gasteiger partial charge is 0.347 e. The number of hydroxylamine groups is 1. The molecule has 0 radical (unpaired) electrons. The summed E-state index contributed by atoms with van der Waals surface area (Å²) < 4.78 is 25.6. The quantitative estimate of drug-likeness (QED) is 0.345. The molecule has 0 aliphatic rings. The minimum absolute atomic E-state index is 0.193. The maximum Gasteiger partial charge on any atom is 0.286 e. The van der Waals surface area contributed by atoms with E-state index >= 15 is 0 Å². The van der Waals surface area contributed by atoms with Crippen molar-refractivity contribution in [3.05, 3.63) is 35.2 Å². The number of anilines is 1. The molecule has 10 heteroatoms. The van der Waals surface area contributed by atoms with Gasteiger partial charge in [0, 0.05) is 25.0 Å². The van der Waals surface area contributed by atoms with Crippen molar-refractivity contribution < 1.29 is 18.4 Å². The Morgan fingerprint density at radius 3 is 2.91 bits per heavy atom. The monoisotopic (exact) mass is 346 g/mol. The van der Waals surface area contributed by atoms with Crippen molar-refractivity contribution >= 4 is 32.4 Å². The van der Waals surface area contributed by atoms with Gasteiger partial charge in [-0.05, 0) is 6.92 Å². The minimum Gasteiger partial charge on any atom is -0.347 e. The maximum absolute atomic E-state index is 11.6. The lowest BCUT2D eigenvalue weighted by Gasteiger charge is -2.19. The minimum atomic E-state index is -3.48. The van der Waals surface area contributed by atoms with E-state index in [1.54, 1.807) is 0 Å². The molecule has 8 nitrogen and oxygen atoms in total. The number of thiazole rings is 1. The second-order valence-electron chi connectivity index (χ2n) is 4.03. The van der Waals surface area contributed by atoms with Crippen LogP contribution < -0.4 is 15.1 Å². The number of sulfonamides is 1. The molecule has 0 saturated carbocycles. The maximum atomic E-state index is 11.6. The number of amides is 1. The van der Waals surface area contributed by atoms with E-state index in [4.69, 9.17) is 5.21 Å². The van der Waals surface area contributed by atoms with Gasteiger partial charge in [0.05, 0.1) is 6.20 Å². The fraction of sp³-hybridized carbons (Fsp3) is 0.333. The Morgan fingerprint density at radius 2 is 2.32 bits per heavy atom. The Morgan fingerprint density at radius 1 is 1.59 bits per heavy atom. The summed E-state index contributed by atoms with van der Waals surface area (Å²) in [6, 6.07) is 0. The lowest BCUT2D eigenvalue weighted by molar-refractivity contribution is 0.0710. The van der Waals surface area contributed by atoms with Crippen molar-refractivity contribution in [2.75, 3.05) is 24.5 Å². The summed E-state index contributed by atoms with van der Waals surface area (Å²) in [4.78, 5) is 17.4. The SMILES string of the molecule is C=C/C=C/S(=O)(=O)NCCN(CC)c1ncc(C(=O)NO)s1. The molecule has 1 aromatic rings. The molecule has 1 heterocycles. The standard InChI is InChI=1S/C12H18N4O4S2/c1-3-5-8-22(19,20)14-6-7-16(4-2)12-13-9-10(21-12)11(17)15-18/h3,5,8-9,14,18H,1,4,6-7H2,2H3,(H,15,17)/b8-5+. The molecule has 1 rings (SSSR count). The van der Waals surface area contributed by atoms with Crippen LogP contribution >= 0.6 is 11.3 Å². The zero-order chi connectivity index (χ0) is 16.6. The van der Waals surface area contributed by atoms with Gasteiger partial charge in [-0.1, -0.05) is 30.1 Å². The van der Waals surface area contributed by atoms with E-state index in [-0.39, 0.29) is 11.4 Å². The summed E-state index contributed by atoms with van der Waals surface area (Å²) in [5.74, 6) is -0.630. The molecule has 0 aromatic carbocycles. The molecule has 0 atom stereocenters. The van der Waals surface area contributed by atoms with Gasteiger partial charge in [0.15, 0.2) is 5.13 Å². The molecule has 0 bridgehead atoms. The lowest BCUT2D eigenvalue weighted by atomic mass is 10.5. The van der Waals surface area contributed by atoms with Crippen LogP contribution in [0.1, 0.15) is 16.6 Å². The van der Waals surface area contributed by atoms with E-state index in [0.29, 0.717) is 18.2 Å². The van der Waals surface area contributed by atoms with Gasteiger partial charge >= 0.3 is 0 Å².